The Hall–Kier alpha value is -4.09. The molecular weight excluding hydrogens is 506 g/mol. The maximum Gasteiger partial charge on any atom is 0.230 e. The quantitative estimate of drug-likeness (QED) is 0.329. The van der Waals surface area contributed by atoms with Gasteiger partial charge in [-0.05, 0) is 36.2 Å². The molecule has 1 amide bonds. The fourth-order valence-electron chi connectivity index (χ4n) is 5.23. The van der Waals surface area contributed by atoms with E-state index in [2.05, 4.69) is 25.2 Å². The zero-order valence-corrected chi connectivity index (χ0v) is 21.2. The Bertz CT molecular complexity index is 1480. The molecule has 6 rings (SSSR count). The smallest absolute Gasteiger partial charge is 0.230 e. The molecule has 9 nitrogen and oxygen atoms in total. The van der Waals surface area contributed by atoms with Crippen molar-refractivity contribution >= 4 is 28.3 Å². The van der Waals surface area contributed by atoms with Gasteiger partial charge < -0.3 is 25.0 Å². The number of hydrogen-bond acceptors (Lipinski definition) is 7. The summed E-state index contributed by atoms with van der Waals surface area (Å²) in [7, 11) is 0. The molecule has 2 aliphatic rings. The number of ether oxygens (including phenoxy) is 1. The largest absolute Gasteiger partial charge is 0.494 e. The van der Waals surface area contributed by atoms with Crippen LogP contribution < -0.4 is 5.32 Å². The van der Waals surface area contributed by atoms with Crippen molar-refractivity contribution in [2.24, 2.45) is 0 Å². The maximum atomic E-state index is 14.5. The van der Waals surface area contributed by atoms with Crippen molar-refractivity contribution in [3.63, 3.8) is 0 Å². The number of aromatic hydroxyl groups is 1. The normalized spacial score (nSPS) is 18.3. The van der Waals surface area contributed by atoms with Gasteiger partial charge >= 0.3 is 0 Å². The number of carbonyl (C=O) groups excluding carboxylic acids is 1. The summed E-state index contributed by atoms with van der Waals surface area (Å²) >= 11 is 0. The minimum absolute atomic E-state index is 0.135. The molecule has 2 aromatic heterocycles. The molecule has 1 unspecified atom stereocenters. The highest BCUT2D eigenvalue weighted by Crippen LogP contribution is 2.35. The Labute approximate surface area is 223 Å². The molecule has 2 fully saturated rings. The first-order valence-corrected chi connectivity index (χ1v) is 13.0. The number of likely N-dealkylation sites (tertiary alicyclic amines) is 1. The molecule has 11 heteroatoms. The first-order valence-electron chi connectivity index (χ1n) is 13.0. The van der Waals surface area contributed by atoms with E-state index in [-0.39, 0.29) is 34.9 Å². The average molecular weight is 535 g/mol. The van der Waals surface area contributed by atoms with Crippen LogP contribution in [0.2, 0.25) is 0 Å². The lowest BCUT2D eigenvalue weighted by Gasteiger charge is -2.28. The van der Waals surface area contributed by atoms with E-state index in [1.165, 1.54) is 12.3 Å². The number of carbonyl (C=O) groups is 1. The molecule has 2 aromatic carbocycles. The first-order chi connectivity index (χ1) is 19.0. The number of aromatic nitrogens is 3. The minimum atomic E-state index is -0.787. The van der Waals surface area contributed by atoms with Crippen LogP contribution >= 0.6 is 0 Å². The Morgan fingerprint density at radius 2 is 1.77 bits per heavy atom. The number of aromatic amines is 1. The summed E-state index contributed by atoms with van der Waals surface area (Å²) in [5.41, 5.74) is 1.50. The second-order valence-corrected chi connectivity index (χ2v) is 9.76. The van der Waals surface area contributed by atoms with Gasteiger partial charge in [-0.2, -0.15) is 0 Å². The highest BCUT2D eigenvalue weighted by Gasteiger charge is 2.32. The van der Waals surface area contributed by atoms with Gasteiger partial charge in [-0.15, -0.1) is 0 Å². The van der Waals surface area contributed by atoms with Crippen LogP contribution in [0.25, 0.3) is 22.3 Å². The van der Waals surface area contributed by atoms with Gasteiger partial charge in [0.1, 0.15) is 22.8 Å². The number of hydrogen-bond donors (Lipinski definition) is 3. The molecule has 1 atom stereocenters. The summed E-state index contributed by atoms with van der Waals surface area (Å²) < 4.78 is 34.3. The number of rotatable bonds is 7. The molecule has 0 radical (unpaired) electrons. The number of amides is 1. The summed E-state index contributed by atoms with van der Waals surface area (Å²) in [6, 6.07) is 11.0. The van der Waals surface area contributed by atoms with Crippen LogP contribution in [0.5, 0.6) is 5.88 Å². The van der Waals surface area contributed by atoms with Crippen molar-refractivity contribution in [1.82, 2.24) is 24.8 Å². The predicted octanol–water partition coefficient (Wildman–Crippen LogP) is 4.00. The van der Waals surface area contributed by atoms with E-state index in [4.69, 9.17) is 4.74 Å². The van der Waals surface area contributed by atoms with Crippen molar-refractivity contribution in [3.05, 3.63) is 65.9 Å². The van der Waals surface area contributed by atoms with Crippen molar-refractivity contribution in [1.29, 1.82) is 0 Å². The predicted molar refractivity (Wildman–Crippen MR) is 142 cm³/mol. The second-order valence-electron chi connectivity index (χ2n) is 9.76. The standard InChI is InChI=1S/C28H28F2N6O3/c29-20-2-1-3-21(30)23(20)25-33-22-16-31-27(37)24(22)26(34-25)32-18-6-4-17(5-7-18)19-8-9-36(28(19)38)11-10-35-12-14-39-15-13-35/h1-7,16,19,31,37H,8-15H2,(H,32,33,34). The topological polar surface area (TPSA) is 107 Å². The Kier molecular flexibility index (Phi) is 6.84. The van der Waals surface area contributed by atoms with E-state index in [9.17, 15) is 18.7 Å². The molecule has 2 saturated heterocycles. The van der Waals surface area contributed by atoms with E-state index in [0.717, 1.165) is 63.5 Å². The Balaban J connectivity index is 1.20. The zero-order valence-electron chi connectivity index (χ0n) is 21.2. The monoisotopic (exact) mass is 534 g/mol. The lowest BCUT2D eigenvalue weighted by Crippen LogP contribution is -2.42. The highest BCUT2D eigenvalue weighted by molar-refractivity contribution is 5.96. The van der Waals surface area contributed by atoms with Gasteiger partial charge in [0.2, 0.25) is 11.8 Å². The number of anilines is 2. The minimum Gasteiger partial charge on any atom is -0.494 e. The van der Waals surface area contributed by atoms with Gasteiger partial charge in [0.05, 0.1) is 30.2 Å². The van der Waals surface area contributed by atoms with Crippen molar-refractivity contribution in [2.45, 2.75) is 12.3 Å². The van der Waals surface area contributed by atoms with Crippen LogP contribution in [0.3, 0.4) is 0 Å². The van der Waals surface area contributed by atoms with Crippen LogP contribution in [0.15, 0.2) is 48.7 Å². The van der Waals surface area contributed by atoms with E-state index in [0.29, 0.717) is 23.1 Å². The molecule has 0 spiro atoms. The van der Waals surface area contributed by atoms with E-state index in [1.54, 1.807) is 0 Å². The van der Waals surface area contributed by atoms with E-state index in [1.807, 2.05) is 29.2 Å². The van der Waals surface area contributed by atoms with Gasteiger partial charge in [-0.25, -0.2) is 18.7 Å². The summed E-state index contributed by atoms with van der Waals surface area (Å²) in [5, 5.41) is 13.8. The first kappa shape index (κ1) is 25.2. The highest BCUT2D eigenvalue weighted by atomic mass is 19.1. The lowest BCUT2D eigenvalue weighted by atomic mass is 9.97. The average Bonchev–Trinajstić information content (AvgIpc) is 3.50. The van der Waals surface area contributed by atoms with E-state index < -0.39 is 11.6 Å². The molecule has 0 saturated carbocycles. The number of morpholine rings is 1. The van der Waals surface area contributed by atoms with Crippen LogP contribution in [-0.4, -0.2) is 81.7 Å². The van der Waals surface area contributed by atoms with Crippen molar-refractivity contribution in [2.75, 3.05) is 51.3 Å². The molecule has 3 N–H and O–H groups in total. The third-order valence-corrected chi connectivity index (χ3v) is 7.37. The van der Waals surface area contributed by atoms with Crippen molar-refractivity contribution < 1.29 is 23.4 Å². The number of nitrogens with one attached hydrogen (secondary N) is 2. The summed E-state index contributed by atoms with van der Waals surface area (Å²) in [5.74, 6) is -1.76. The third kappa shape index (κ3) is 5.02. The van der Waals surface area contributed by atoms with Gasteiger partial charge in [0.15, 0.2) is 5.82 Å². The SMILES string of the molecule is O=C1C(c2ccc(Nc3nc(-c4c(F)cccc4F)nc4c[nH]c(O)c34)cc2)CCN1CCN1CCOCC1. The summed E-state index contributed by atoms with van der Waals surface area (Å²) in [6.07, 6.45) is 2.20. The number of nitrogens with zero attached hydrogens (tertiary/aromatic N) is 4. The maximum absolute atomic E-state index is 14.5. The van der Waals surface area contributed by atoms with Crippen LogP contribution in [-0.2, 0) is 9.53 Å². The molecule has 0 bridgehead atoms. The van der Waals surface area contributed by atoms with Gasteiger partial charge in [-0.1, -0.05) is 18.2 Å². The Morgan fingerprint density at radius 1 is 1.03 bits per heavy atom. The van der Waals surface area contributed by atoms with Gasteiger partial charge in [-0.3, -0.25) is 9.69 Å². The molecular formula is C28H28F2N6O3. The molecule has 39 heavy (non-hydrogen) atoms. The molecule has 2 aliphatic heterocycles. The number of fused-ring (bicyclic) bond motifs is 1. The van der Waals surface area contributed by atoms with Crippen LogP contribution in [0.1, 0.15) is 17.9 Å². The molecule has 0 aliphatic carbocycles. The van der Waals surface area contributed by atoms with Crippen LogP contribution in [0, 0.1) is 11.6 Å². The van der Waals surface area contributed by atoms with Gasteiger partial charge in [0.25, 0.3) is 0 Å². The molecule has 4 aromatic rings. The van der Waals surface area contributed by atoms with Gasteiger partial charge in [0, 0.05) is 44.6 Å². The van der Waals surface area contributed by atoms with Crippen LogP contribution in [0.4, 0.5) is 20.3 Å². The second kappa shape index (κ2) is 10.6. The Morgan fingerprint density at radius 3 is 2.51 bits per heavy atom. The number of H-pyrrole nitrogens is 1. The van der Waals surface area contributed by atoms with E-state index >= 15 is 0 Å². The number of halogens is 2. The summed E-state index contributed by atoms with van der Waals surface area (Å²) in [4.78, 5) is 28.6. The summed E-state index contributed by atoms with van der Waals surface area (Å²) in [6.45, 7) is 5.57. The number of benzene rings is 2. The molecule has 202 valence electrons. The fraction of sp³-hybridized carbons (Fsp3) is 0.321. The molecule has 4 heterocycles. The third-order valence-electron chi connectivity index (χ3n) is 7.37. The fourth-order valence-corrected chi connectivity index (χ4v) is 5.23. The zero-order chi connectivity index (χ0) is 26.9. The lowest BCUT2D eigenvalue weighted by molar-refractivity contribution is -0.129. The van der Waals surface area contributed by atoms with Crippen molar-refractivity contribution in [3.8, 4) is 17.3 Å².